The standard InChI is InChI=1S/C12H11Cl/c1-8-6-7-11-10(9(8)2)4-3-5-12(11)13/h3-7H,1-2H3. The molecular weight excluding hydrogens is 180 g/mol. The maximum absolute atomic E-state index is 6.08. The zero-order chi connectivity index (χ0) is 9.42. The fourth-order valence-corrected chi connectivity index (χ4v) is 1.82. The van der Waals surface area contributed by atoms with Crippen molar-refractivity contribution in [1.29, 1.82) is 0 Å². The number of halogens is 1. The minimum Gasteiger partial charge on any atom is -0.0837 e. The molecule has 2 aromatic rings. The molecule has 2 aromatic carbocycles. The van der Waals surface area contributed by atoms with Crippen LogP contribution in [-0.2, 0) is 0 Å². The van der Waals surface area contributed by atoms with Crippen molar-refractivity contribution in [2.45, 2.75) is 13.8 Å². The minimum absolute atomic E-state index is 0.834. The summed E-state index contributed by atoms with van der Waals surface area (Å²) in [7, 11) is 0. The summed E-state index contributed by atoms with van der Waals surface area (Å²) in [6.07, 6.45) is 0. The highest BCUT2D eigenvalue weighted by Gasteiger charge is 2.01. The Bertz CT molecular complexity index is 458. The Morgan fingerprint density at radius 3 is 2.46 bits per heavy atom. The van der Waals surface area contributed by atoms with Gasteiger partial charge in [-0.05, 0) is 36.4 Å². The van der Waals surface area contributed by atoms with Crippen molar-refractivity contribution in [2.75, 3.05) is 0 Å². The fraction of sp³-hybridized carbons (Fsp3) is 0.167. The van der Waals surface area contributed by atoms with Crippen LogP contribution in [0, 0.1) is 13.8 Å². The Kier molecular flexibility index (Phi) is 2.01. The number of aryl methyl sites for hydroxylation is 2. The van der Waals surface area contributed by atoms with Crippen molar-refractivity contribution in [3.8, 4) is 0 Å². The number of hydrogen-bond donors (Lipinski definition) is 0. The molecule has 0 saturated carbocycles. The zero-order valence-electron chi connectivity index (χ0n) is 7.76. The molecule has 0 nitrogen and oxygen atoms in total. The maximum Gasteiger partial charge on any atom is 0.0484 e. The molecule has 0 N–H and O–H groups in total. The normalized spacial score (nSPS) is 10.7. The quantitative estimate of drug-likeness (QED) is 0.587. The number of benzene rings is 2. The van der Waals surface area contributed by atoms with Gasteiger partial charge in [0.1, 0.15) is 0 Å². The van der Waals surface area contributed by atoms with Gasteiger partial charge in [0.25, 0.3) is 0 Å². The SMILES string of the molecule is Cc1ccc2c(Cl)cccc2c1C. The molecule has 0 heterocycles. The lowest BCUT2D eigenvalue weighted by atomic mass is 10.0. The molecule has 0 aliphatic rings. The van der Waals surface area contributed by atoms with Crippen LogP contribution in [0.15, 0.2) is 30.3 Å². The summed E-state index contributed by atoms with van der Waals surface area (Å²) in [5.74, 6) is 0. The third-order valence-corrected chi connectivity index (χ3v) is 2.88. The van der Waals surface area contributed by atoms with Gasteiger partial charge in [-0.3, -0.25) is 0 Å². The molecule has 0 aromatic heterocycles. The molecule has 0 fully saturated rings. The molecule has 0 bridgehead atoms. The second kappa shape index (κ2) is 3.04. The van der Waals surface area contributed by atoms with Crippen LogP contribution in [0.2, 0.25) is 5.02 Å². The second-order valence-electron chi connectivity index (χ2n) is 3.34. The third-order valence-electron chi connectivity index (χ3n) is 2.55. The molecule has 0 atom stereocenters. The van der Waals surface area contributed by atoms with E-state index < -0.39 is 0 Å². The van der Waals surface area contributed by atoms with Crippen molar-refractivity contribution in [3.05, 3.63) is 46.5 Å². The van der Waals surface area contributed by atoms with Crippen molar-refractivity contribution in [2.24, 2.45) is 0 Å². The van der Waals surface area contributed by atoms with Gasteiger partial charge in [-0.25, -0.2) is 0 Å². The Balaban J connectivity index is 2.94. The van der Waals surface area contributed by atoms with Crippen LogP contribution in [0.3, 0.4) is 0 Å². The van der Waals surface area contributed by atoms with Gasteiger partial charge < -0.3 is 0 Å². The molecule has 0 aliphatic carbocycles. The van der Waals surface area contributed by atoms with E-state index in [-0.39, 0.29) is 0 Å². The van der Waals surface area contributed by atoms with E-state index in [0.29, 0.717) is 0 Å². The maximum atomic E-state index is 6.08. The first kappa shape index (κ1) is 8.58. The highest BCUT2D eigenvalue weighted by Crippen LogP contribution is 2.27. The molecule has 0 amide bonds. The first-order valence-electron chi connectivity index (χ1n) is 4.34. The molecule has 2 rings (SSSR count). The number of rotatable bonds is 0. The van der Waals surface area contributed by atoms with Crippen LogP contribution in [0.4, 0.5) is 0 Å². The molecule has 0 spiro atoms. The summed E-state index contributed by atoms with van der Waals surface area (Å²) in [6, 6.07) is 10.2. The summed E-state index contributed by atoms with van der Waals surface area (Å²) >= 11 is 6.08. The molecule has 0 aliphatic heterocycles. The summed E-state index contributed by atoms with van der Waals surface area (Å²) in [4.78, 5) is 0. The van der Waals surface area contributed by atoms with Gasteiger partial charge in [0, 0.05) is 10.4 Å². The Morgan fingerprint density at radius 2 is 1.69 bits per heavy atom. The van der Waals surface area contributed by atoms with Crippen LogP contribution in [0.5, 0.6) is 0 Å². The van der Waals surface area contributed by atoms with Crippen LogP contribution in [-0.4, -0.2) is 0 Å². The summed E-state index contributed by atoms with van der Waals surface area (Å²) in [6.45, 7) is 4.25. The Morgan fingerprint density at radius 1 is 0.923 bits per heavy atom. The van der Waals surface area contributed by atoms with E-state index in [0.717, 1.165) is 10.4 Å². The average Bonchev–Trinajstić information content (AvgIpc) is 2.12. The van der Waals surface area contributed by atoms with E-state index >= 15 is 0 Å². The Hall–Kier alpha value is -1.01. The van der Waals surface area contributed by atoms with E-state index in [4.69, 9.17) is 11.6 Å². The molecule has 66 valence electrons. The fourth-order valence-electron chi connectivity index (χ4n) is 1.58. The van der Waals surface area contributed by atoms with E-state index in [1.165, 1.54) is 16.5 Å². The summed E-state index contributed by atoms with van der Waals surface area (Å²) in [5, 5.41) is 3.24. The smallest absolute Gasteiger partial charge is 0.0484 e. The van der Waals surface area contributed by atoms with Crippen LogP contribution >= 0.6 is 11.6 Å². The van der Waals surface area contributed by atoms with Crippen molar-refractivity contribution in [1.82, 2.24) is 0 Å². The first-order chi connectivity index (χ1) is 6.20. The second-order valence-corrected chi connectivity index (χ2v) is 3.75. The third kappa shape index (κ3) is 1.31. The van der Waals surface area contributed by atoms with Gasteiger partial charge in [0.05, 0.1) is 0 Å². The topological polar surface area (TPSA) is 0 Å². The Labute approximate surface area is 83.1 Å². The number of hydrogen-bond acceptors (Lipinski definition) is 0. The molecule has 0 saturated heterocycles. The van der Waals surface area contributed by atoms with Gasteiger partial charge in [-0.2, -0.15) is 0 Å². The van der Waals surface area contributed by atoms with E-state index in [1.807, 2.05) is 12.1 Å². The van der Waals surface area contributed by atoms with Crippen molar-refractivity contribution in [3.63, 3.8) is 0 Å². The lowest BCUT2D eigenvalue weighted by Gasteiger charge is -2.06. The van der Waals surface area contributed by atoms with Gasteiger partial charge in [-0.1, -0.05) is 35.9 Å². The predicted octanol–water partition coefficient (Wildman–Crippen LogP) is 4.11. The largest absolute Gasteiger partial charge is 0.0837 e. The van der Waals surface area contributed by atoms with E-state index in [9.17, 15) is 0 Å². The molecule has 0 radical (unpaired) electrons. The summed E-state index contributed by atoms with van der Waals surface area (Å²) < 4.78 is 0. The van der Waals surface area contributed by atoms with Gasteiger partial charge in [-0.15, -0.1) is 0 Å². The lowest BCUT2D eigenvalue weighted by molar-refractivity contribution is 1.38. The van der Waals surface area contributed by atoms with Gasteiger partial charge in [0.2, 0.25) is 0 Å². The highest BCUT2D eigenvalue weighted by atomic mass is 35.5. The van der Waals surface area contributed by atoms with Crippen molar-refractivity contribution < 1.29 is 0 Å². The predicted molar refractivity (Wildman–Crippen MR) is 58.4 cm³/mol. The zero-order valence-corrected chi connectivity index (χ0v) is 8.52. The summed E-state index contributed by atoms with van der Waals surface area (Å²) in [5.41, 5.74) is 2.63. The van der Waals surface area contributed by atoms with Crippen LogP contribution < -0.4 is 0 Å². The van der Waals surface area contributed by atoms with Gasteiger partial charge >= 0.3 is 0 Å². The van der Waals surface area contributed by atoms with Crippen molar-refractivity contribution >= 4 is 22.4 Å². The van der Waals surface area contributed by atoms with E-state index in [1.54, 1.807) is 0 Å². The first-order valence-corrected chi connectivity index (χ1v) is 4.72. The van der Waals surface area contributed by atoms with E-state index in [2.05, 4.69) is 32.0 Å². The van der Waals surface area contributed by atoms with Crippen LogP contribution in [0.1, 0.15) is 11.1 Å². The molecule has 1 heteroatoms. The number of fused-ring (bicyclic) bond motifs is 1. The van der Waals surface area contributed by atoms with Crippen LogP contribution in [0.25, 0.3) is 10.8 Å². The lowest BCUT2D eigenvalue weighted by Crippen LogP contribution is -1.83. The monoisotopic (exact) mass is 190 g/mol. The van der Waals surface area contributed by atoms with Gasteiger partial charge in [0.15, 0.2) is 0 Å². The average molecular weight is 191 g/mol. The molecule has 0 unspecified atom stereocenters. The molecular formula is C12H11Cl. The molecule has 13 heavy (non-hydrogen) atoms. The minimum atomic E-state index is 0.834. The highest BCUT2D eigenvalue weighted by molar-refractivity contribution is 6.35.